The molecule has 14 rings (SSSR count). The summed E-state index contributed by atoms with van der Waals surface area (Å²) in [5.41, 5.74) is 6.11. The second-order valence-electron chi connectivity index (χ2n) is 21.0. The molecule has 2 saturated carbocycles. The first-order chi connectivity index (χ1) is 28.6. The first-order valence-corrected chi connectivity index (χ1v) is 23.1. The summed E-state index contributed by atoms with van der Waals surface area (Å²) in [4.78, 5) is 17.9. The van der Waals surface area contributed by atoms with Crippen molar-refractivity contribution < 1.29 is 52.8 Å². The average molecular weight is 969 g/mol. The molecule has 1 N–H and O–H groups in total. The van der Waals surface area contributed by atoms with Gasteiger partial charge in [0, 0.05) is 54.2 Å². The SMILES string of the molecule is CCCC(C)(O)[C@H]1C[C@@]23C=C[C@]1(OC)[C@@H]1Oc4cc(C)cc5c4[C@@]12CCN(C)[C@@H]3C5.CO[C@]12C=C[C@@]3(C[C@@H]1C(C)=O)[C@H]1Cc4cc(C)cc5c4[C@@]3(CCN1C)[C@H]2O5.[CH2-]CC.[I-].[Mg+2]. The van der Waals surface area contributed by atoms with Crippen LogP contribution in [-0.2, 0) is 37.9 Å². The molecule has 10 heteroatoms. The Morgan fingerprint density at radius 2 is 1.27 bits per heavy atom. The van der Waals surface area contributed by atoms with Crippen LogP contribution in [0, 0.1) is 43.4 Å². The van der Waals surface area contributed by atoms with E-state index >= 15 is 0 Å². The first-order valence-electron chi connectivity index (χ1n) is 23.1. The number of aliphatic hydroxyl groups is 1. The van der Waals surface area contributed by atoms with E-state index in [9.17, 15) is 9.90 Å². The van der Waals surface area contributed by atoms with E-state index in [1.165, 1.54) is 33.4 Å². The normalized spacial score (nSPS) is 41.7. The van der Waals surface area contributed by atoms with Crippen molar-refractivity contribution in [3.05, 3.63) is 88.9 Å². The molecule has 0 radical (unpaired) electrons. The van der Waals surface area contributed by atoms with Gasteiger partial charge in [0.15, 0.2) is 0 Å². The Morgan fingerprint density at radius 3 is 1.73 bits per heavy atom. The Bertz CT molecular complexity index is 2210. The van der Waals surface area contributed by atoms with Gasteiger partial charge in [0.05, 0.1) is 22.3 Å². The fourth-order valence-corrected chi connectivity index (χ4v) is 16.4. The van der Waals surface area contributed by atoms with Crippen LogP contribution in [0.4, 0.5) is 0 Å². The molecule has 4 aliphatic heterocycles. The van der Waals surface area contributed by atoms with Crippen LogP contribution >= 0.6 is 0 Å². The molecule has 4 heterocycles. The Kier molecular flexibility index (Phi) is 11.8. The number of carbonyl (C=O) groups excluding carboxylic acids is 1. The predicted octanol–water partition coefficient (Wildman–Crippen LogP) is 4.42. The number of benzene rings is 2. The maximum absolute atomic E-state index is 12.8. The molecule has 4 fully saturated rings. The average Bonchev–Trinajstić information content (AvgIpc) is 3.75. The predicted molar refractivity (Wildman–Crippen MR) is 240 cm³/mol. The van der Waals surface area contributed by atoms with Crippen LogP contribution in [0.1, 0.15) is 106 Å². The van der Waals surface area contributed by atoms with E-state index < -0.39 is 16.8 Å². The van der Waals surface area contributed by atoms with Crippen molar-refractivity contribution in [2.45, 2.75) is 151 Å². The molecule has 8 nitrogen and oxygen atoms in total. The molecule has 4 spiro atoms. The van der Waals surface area contributed by atoms with Crippen LogP contribution in [0.25, 0.3) is 0 Å². The summed E-state index contributed by atoms with van der Waals surface area (Å²) in [5.74, 6) is 2.21. The minimum absolute atomic E-state index is 0. The van der Waals surface area contributed by atoms with Gasteiger partial charge < -0.3 is 64.8 Å². The number of hydrogen-bond donors (Lipinski definition) is 1. The molecule has 2 aromatic carbocycles. The van der Waals surface area contributed by atoms with Crippen LogP contribution in [-0.4, -0.2) is 126 Å². The number of aryl methyl sites for hydroxylation is 2. The third kappa shape index (κ3) is 5.44. The smallest absolute Gasteiger partial charge is 1.00 e. The van der Waals surface area contributed by atoms with Crippen LogP contribution in [0.15, 0.2) is 48.6 Å². The Balaban J connectivity index is 0.000000157. The van der Waals surface area contributed by atoms with Gasteiger partial charge in [0.2, 0.25) is 0 Å². The van der Waals surface area contributed by atoms with Gasteiger partial charge in [-0.2, -0.15) is 6.42 Å². The fourth-order valence-electron chi connectivity index (χ4n) is 16.4. The molecular weight excluding hydrogens is 900 g/mol. The number of likely N-dealkylation sites (N-methyl/N-ethyl adjacent to an activating group) is 2. The molecule has 0 aromatic heterocycles. The van der Waals surface area contributed by atoms with Gasteiger partial charge in [0.25, 0.3) is 0 Å². The maximum atomic E-state index is 12.8. The zero-order chi connectivity index (χ0) is 42.6. The van der Waals surface area contributed by atoms with Crippen molar-refractivity contribution in [1.29, 1.82) is 0 Å². The zero-order valence-corrected chi connectivity index (χ0v) is 42.6. The number of rotatable bonds is 6. The zero-order valence-electron chi connectivity index (χ0n) is 39.0. The van der Waals surface area contributed by atoms with Crippen molar-refractivity contribution >= 4 is 28.8 Å². The molecule has 13 atom stereocenters. The summed E-state index contributed by atoms with van der Waals surface area (Å²) in [7, 11) is 8.12. The van der Waals surface area contributed by atoms with E-state index in [1.54, 1.807) is 14.0 Å². The van der Waals surface area contributed by atoms with Crippen molar-refractivity contribution in [2.24, 2.45) is 22.7 Å². The van der Waals surface area contributed by atoms with Gasteiger partial charge in [-0.1, -0.05) is 56.7 Å². The minimum atomic E-state index is -0.786. The molecule has 332 valence electrons. The second-order valence-corrected chi connectivity index (χ2v) is 21.0. The van der Waals surface area contributed by atoms with Gasteiger partial charge in [-0.3, -0.25) is 4.79 Å². The molecule has 8 aliphatic carbocycles. The number of fused-ring (bicyclic) bond motifs is 2. The molecule has 2 saturated heterocycles. The van der Waals surface area contributed by atoms with Crippen LogP contribution < -0.4 is 33.5 Å². The summed E-state index contributed by atoms with van der Waals surface area (Å²) in [6, 6.07) is 10.0. The Labute approximate surface area is 404 Å². The number of Topliss-reactive ketones (excluding diaryl/α,β-unsaturated/α-hetero) is 1. The number of hydrogen-bond acceptors (Lipinski definition) is 8. The topological polar surface area (TPSA) is 80.7 Å². The standard InChI is InChI=1S/C26H35NO3.C23H27NO3.C3H7.HI.Mg/c1-6-7-23(3,28)19-15-24-8-9-26(19,29-5)22-25(24)10-11-27(4)20(24)14-17-12-16(2)13-18(30-22)21(17)25;1-13-9-15-11-18-21-5-6-23(26-4,16(12-21)14(2)25)20-22(21,7-8-24(18)3)19(15)17(10-13)27-20;1-3-2;;/h8-9,12-13,19-20,22,28H,6-7,10-11,14-15H2,1-5H3;5-6,9-10,16,18,20H,7-8,11-12H2,1-4H3;1,3H2,2H3;1H;/q;;-1;;+2/p-1/t19-,20-,22-,23?,24-,25+,26-;16-,18-,20-,21-,22+,23-;;;/m11.../s1. The molecule has 8 bridgehead atoms. The van der Waals surface area contributed by atoms with Gasteiger partial charge in [0.1, 0.15) is 40.7 Å². The van der Waals surface area contributed by atoms with E-state index in [0.717, 1.165) is 82.4 Å². The number of carbonyl (C=O) groups is 1. The van der Waals surface area contributed by atoms with Crippen molar-refractivity contribution in [2.75, 3.05) is 41.4 Å². The van der Waals surface area contributed by atoms with Crippen molar-refractivity contribution in [3.8, 4) is 11.5 Å². The van der Waals surface area contributed by atoms with Gasteiger partial charge in [-0.15, -0.1) is 0 Å². The van der Waals surface area contributed by atoms with Crippen molar-refractivity contribution in [1.82, 2.24) is 9.80 Å². The molecule has 62 heavy (non-hydrogen) atoms. The van der Waals surface area contributed by atoms with Gasteiger partial charge in [-0.05, 0) is 134 Å². The van der Waals surface area contributed by atoms with E-state index in [0.29, 0.717) is 12.1 Å². The summed E-state index contributed by atoms with van der Waals surface area (Å²) in [5, 5.41) is 11.7. The first kappa shape index (κ1) is 47.0. The summed E-state index contributed by atoms with van der Waals surface area (Å²) >= 11 is 0. The van der Waals surface area contributed by atoms with Crippen molar-refractivity contribution in [3.63, 3.8) is 0 Å². The van der Waals surface area contributed by atoms with E-state index in [2.05, 4.69) is 100 Å². The van der Waals surface area contributed by atoms with Crippen LogP contribution in [0.2, 0.25) is 0 Å². The van der Waals surface area contributed by atoms with Crippen LogP contribution in [0.5, 0.6) is 11.5 Å². The second kappa shape index (κ2) is 15.5. The van der Waals surface area contributed by atoms with E-state index in [4.69, 9.17) is 18.9 Å². The summed E-state index contributed by atoms with van der Waals surface area (Å²) in [6.45, 7) is 17.9. The number of ether oxygens (including phenoxy) is 4. The summed E-state index contributed by atoms with van der Waals surface area (Å²) < 4.78 is 26.3. The fraction of sp³-hybridized carbons (Fsp3) is 0.654. The third-order valence-electron chi connectivity index (χ3n) is 18.4. The van der Waals surface area contributed by atoms with E-state index in [-0.39, 0.29) is 98.5 Å². The largest absolute Gasteiger partial charge is 2.00 e. The molecule has 1 unspecified atom stereocenters. The quantitative estimate of drug-likeness (QED) is 0.198. The van der Waals surface area contributed by atoms with Gasteiger partial charge >= 0.3 is 23.1 Å². The molecule has 2 aromatic rings. The third-order valence-corrected chi connectivity index (χ3v) is 18.4. The number of halogens is 1. The Hall–Kier alpha value is -1.51. The van der Waals surface area contributed by atoms with E-state index in [1.807, 2.05) is 21.0 Å². The number of methoxy groups -OCH3 is 2. The molecular formula is C52H69IMgN2O6. The summed E-state index contributed by atoms with van der Waals surface area (Å²) in [6.07, 6.45) is 18.0. The maximum Gasteiger partial charge on any atom is 2.00 e. The molecule has 12 aliphatic rings. The monoisotopic (exact) mass is 968 g/mol. The number of ketones is 1. The van der Waals surface area contributed by atoms with Crippen LogP contribution in [0.3, 0.4) is 0 Å². The Morgan fingerprint density at radius 1 is 0.823 bits per heavy atom. The minimum Gasteiger partial charge on any atom is -1.00 e. The molecule has 0 amide bonds. The number of likely N-dealkylation sites (tertiary alicyclic amines) is 2. The number of piperidine rings is 2. The number of nitrogens with zero attached hydrogens (tertiary/aromatic N) is 2. The van der Waals surface area contributed by atoms with Gasteiger partial charge in [-0.25, -0.2) is 0 Å².